The van der Waals surface area contributed by atoms with Crippen molar-refractivity contribution in [1.29, 1.82) is 0 Å². The molecule has 0 radical (unpaired) electrons. The van der Waals surface area contributed by atoms with Crippen molar-refractivity contribution in [3.8, 4) is 0 Å². The van der Waals surface area contributed by atoms with Crippen molar-refractivity contribution >= 4 is 0 Å². The first-order valence-electron chi connectivity index (χ1n) is 8.10. The summed E-state index contributed by atoms with van der Waals surface area (Å²) in [7, 11) is 2.20. The van der Waals surface area contributed by atoms with Crippen molar-refractivity contribution in [3.63, 3.8) is 0 Å². The van der Waals surface area contributed by atoms with E-state index in [4.69, 9.17) is 0 Å². The van der Waals surface area contributed by atoms with Gasteiger partial charge in [-0.15, -0.1) is 0 Å². The van der Waals surface area contributed by atoms with Crippen LogP contribution in [0.1, 0.15) is 57.6 Å². The molecule has 0 saturated heterocycles. The fraction of sp³-hybridized carbons (Fsp3) is 0.667. The van der Waals surface area contributed by atoms with Gasteiger partial charge in [0.1, 0.15) is 0 Å². The molecule has 2 rings (SSSR count). The summed E-state index contributed by atoms with van der Waals surface area (Å²) >= 11 is 0. The van der Waals surface area contributed by atoms with Gasteiger partial charge in [-0.3, -0.25) is 4.90 Å². The van der Waals surface area contributed by atoms with Crippen molar-refractivity contribution in [1.82, 2.24) is 4.90 Å². The molecule has 1 aromatic rings. The van der Waals surface area contributed by atoms with Gasteiger partial charge in [0.25, 0.3) is 0 Å². The quantitative estimate of drug-likeness (QED) is 0.877. The zero-order valence-corrected chi connectivity index (χ0v) is 13.1. The minimum absolute atomic E-state index is 0.211. The Morgan fingerprint density at radius 2 is 1.85 bits per heavy atom. The second-order valence-corrected chi connectivity index (χ2v) is 6.33. The second kappa shape index (κ2) is 7.24. The van der Waals surface area contributed by atoms with E-state index in [9.17, 15) is 5.11 Å². The molecule has 0 aromatic heterocycles. The van der Waals surface area contributed by atoms with Crippen LogP contribution in [0.25, 0.3) is 0 Å². The van der Waals surface area contributed by atoms with Gasteiger partial charge >= 0.3 is 0 Å². The van der Waals surface area contributed by atoms with E-state index in [0.717, 1.165) is 17.9 Å². The number of rotatable bonds is 5. The standard InChI is InChI=1S/C18H29NO/c1-4-16(18(20)15-11-6-5-7-12-15)19(3)17-13-9-8-10-14(17)2/h5-7,11-12,14,16-18,20H,4,8-10,13H2,1-3H3. The summed E-state index contributed by atoms with van der Waals surface area (Å²) in [5, 5.41) is 10.7. The van der Waals surface area contributed by atoms with Crippen LogP contribution in [-0.2, 0) is 0 Å². The Kier molecular flexibility index (Phi) is 5.62. The van der Waals surface area contributed by atoms with Gasteiger partial charge in [-0.25, -0.2) is 0 Å². The molecule has 0 aliphatic heterocycles. The second-order valence-electron chi connectivity index (χ2n) is 6.33. The maximum atomic E-state index is 10.7. The molecule has 4 atom stereocenters. The van der Waals surface area contributed by atoms with Crippen molar-refractivity contribution in [2.45, 2.75) is 64.1 Å². The third kappa shape index (κ3) is 3.42. The molecular weight excluding hydrogens is 246 g/mol. The molecule has 1 fully saturated rings. The van der Waals surface area contributed by atoms with Gasteiger partial charge in [-0.05, 0) is 37.8 Å². The van der Waals surface area contributed by atoms with Crippen LogP contribution < -0.4 is 0 Å². The first-order valence-corrected chi connectivity index (χ1v) is 8.10. The van der Waals surface area contributed by atoms with Crippen LogP contribution in [0.2, 0.25) is 0 Å². The molecule has 1 saturated carbocycles. The molecular formula is C18H29NO. The Bertz CT molecular complexity index is 392. The lowest BCUT2D eigenvalue weighted by Crippen LogP contribution is -2.47. The minimum atomic E-state index is -0.389. The molecule has 1 aromatic carbocycles. The summed E-state index contributed by atoms with van der Waals surface area (Å²) in [6, 6.07) is 10.9. The number of nitrogens with zero attached hydrogens (tertiary/aromatic N) is 1. The number of likely N-dealkylation sites (N-methyl/N-ethyl adjacent to an activating group) is 1. The van der Waals surface area contributed by atoms with E-state index in [1.807, 2.05) is 30.3 Å². The Morgan fingerprint density at radius 1 is 1.20 bits per heavy atom. The number of hydrogen-bond donors (Lipinski definition) is 1. The van der Waals surface area contributed by atoms with E-state index < -0.39 is 0 Å². The van der Waals surface area contributed by atoms with E-state index in [0.29, 0.717) is 6.04 Å². The zero-order chi connectivity index (χ0) is 14.5. The van der Waals surface area contributed by atoms with E-state index in [2.05, 4.69) is 25.8 Å². The first kappa shape index (κ1) is 15.5. The van der Waals surface area contributed by atoms with Gasteiger partial charge in [-0.2, -0.15) is 0 Å². The van der Waals surface area contributed by atoms with Crippen LogP contribution in [-0.4, -0.2) is 29.1 Å². The lowest BCUT2D eigenvalue weighted by molar-refractivity contribution is 0.0120. The highest BCUT2D eigenvalue weighted by molar-refractivity contribution is 5.19. The monoisotopic (exact) mass is 275 g/mol. The average Bonchev–Trinajstić information content (AvgIpc) is 2.49. The number of hydrogen-bond acceptors (Lipinski definition) is 2. The Hall–Kier alpha value is -0.860. The van der Waals surface area contributed by atoms with E-state index in [1.165, 1.54) is 25.7 Å². The van der Waals surface area contributed by atoms with Crippen LogP contribution in [0.4, 0.5) is 0 Å². The lowest BCUT2D eigenvalue weighted by Gasteiger charge is -2.42. The van der Waals surface area contributed by atoms with Crippen molar-refractivity contribution in [3.05, 3.63) is 35.9 Å². The van der Waals surface area contributed by atoms with Crippen LogP contribution in [0.5, 0.6) is 0 Å². The van der Waals surface area contributed by atoms with E-state index >= 15 is 0 Å². The molecule has 1 N–H and O–H groups in total. The molecule has 4 unspecified atom stereocenters. The summed E-state index contributed by atoms with van der Waals surface area (Å²) in [6.07, 6.45) is 5.89. The number of aliphatic hydroxyl groups excluding tert-OH is 1. The third-order valence-corrected chi connectivity index (χ3v) is 5.04. The first-order chi connectivity index (χ1) is 9.65. The number of benzene rings is 1. The van der Waals surface area contributed by atoms with Gasteiger partial charge in [-0.1, -0.05) is 57.0 Å². The highest BCUT2D eigenvalue weighted by Gasteiger charge is 2.32. The van der Waals surface area contributed by atoms with Crippen molar-refractivity contribution in [2.75, 3.05) is 7.05 Å². The Labute approximate surface area is 123 Å². The largest absolute Gasteiger partial charge is 0.387 e. The molecule has 1 aliphatic rings. The molecule has 2 heteroatoms. The van der Waals surface area contributed by atoms with Gasteiger partial charge in [0, 0.05) is 12.1 Å². The fourth-order valence-electron chi connectivity index (χ4n) is 3.75. The molecule has 0 heterocycles. The van der Waals surface area contributed by atoms with Crippen LogP contribution in [0, 0.1) is 5.92 Å². The SMILES string of the molecule is CCC(C(O)c1ccccc1)N(C)C1CCCCC1C. The molecule has 1 aliphatic carbocycles. The van der Waals surface area contributed by atoms with Gasteiger partial charge in [0.15, 0.2) is 0 Å². The predicted molar refractivity (Wildman–Crippen MR) is 84.7 cm³/mol. The van der Waals surface area contributed by atoms with Crippen LogP contribution in [0.15, 0.2) is 30.3 Å². The van der Waals surface area contributed by atoms with Crippen LogP contribution in [0.3, 0.4) is 0 Å². The smallest absolute Gasteiger partial charge is 0.0945 e. The van der Waals surface area contributed by atoms with E-state index in [1.54, 1.807) is 0 Å². The zero-order valence-electron chi connectivity index (χ0n) is 13.1. The fourth-order valence-corrected chi connectivity index (χ4v) is 3.75. The Morgan fingerprint density at radius 3 is 2.45 bits per heavy atom. The van der Waals surface area contributed by atoms with Gasteiger partial charge < -0.3 is 5.11 Å². The molecule has 0 bridgehead atoms. The third-order valence-electron chi connectivity index (χ3n) is 5.04. The predicted octanol–water partition coefficient (Wildman–Crippen LogP) is 4.01. The maximum absolute atomic E-state index is 10.7. The molecule has 0 spiro atoms. The Balaban J connectivity index is 2.10. The number of aliphatic hydroxyl groups is 1. The minimum Gasteiger partial charge on any atom is -0.387 e. The normalized spacial score (nSPS) is 26.4. The summed E-state index contributed by atoms with van der Waals surface area (Å²) in [5.74, 6) is 0.741. The summed E-state index contributed by atoms with van der Waals surface area (Å²) in [6.45, 7) is 4.54. The van der Waals surface area contributed by atoms with E-state index in [-0.39, 0.29) is 12.1 Å². The van der Waals surface area contributed by atoms with Crippen LogP contribution >= 0.6 is 0 Å². The van der Waals surface area contributed by atoms with Gasteiger partial charge in [0.05, 0.1) is 6.10 Å². The van der Waals surface area contributed by atoms with Crippen molar-refractivity contribution in [2.24, 2.45) is 5.92 Å². The maximum Gasteiger partial charge on any atom is 0.0945 e. The highest BCUT2D eigenvalue weighted by atomic mass is 16.3. The molecule has 20 heavy (non-hydrogen) atoms. The van der Waals surface area contributed by atoms with Gasteiger partial charge in [0.2, 0.25) is 0 Å². The summed E-state index contributed by atoms with van der Waals surface area (Å²) in [5.41, 5.74) is 1.04. The van der Waals surface area contributed by atoms with Crippen molar-refractivity contribution < 1.29 is 5.11 Å². The topological polar surface area (TPSA) is 23.5 Å². The molecule has 0 amide bonds. The summed E-state index contributed by atoms with van der Waals surface area (Å²) in [4.78, 5) is 2.45. The average molecular weight is 275 g/mol. The lowest BCUT2D eigenvalue weighted by atomic mass is 9.83. The summed E-state index contributed by atoms with van der Waals surface area (Å²) < 4.78 is 0. The highest BCUT2D eigenvalue weighted by Crippen LogP contribution is 2.32. The molecule has 112 valence electrons. The molecule has 2 nitrogen and oxygen atoms in total.